The molecule has 170 valence electrons. The van der Waals surface area contributed by atoms with Gasteiger partial charge in [-0.15, -0.1) is 0 Å². The third kappa shape index (κ3) is 4.89. The summed E-state index contributed by atoms with van der Waals surface area (Å²) in [5, 5.41) is 0. The van der Waals surface area contributed by atoms with Gasteiger partial charge in [-0.2, -0.15) is 0 Å². The van der Waals surface area contributed by atoms with Crippen molar-refractivity contribution in [2.75, 3.05) is 6.61 Å². The molecule has 0 unspecified atom stereocenters. The maximum atomic E-state index is 6.37. The normalized spacial score (nSPS) is 31.3. The van der Waals surface area contributed by atoms with Crippen LogP contribution in [0.3, 0.4) is 0 Å². The maximum absolute atomic E-state index is 6.37. The first-order valence-electron chi connectivity index (χ1n) is 13.0. The van der Waals surface area contributed by atoms with Crippen LogP contribution in [0.4, 0.5) is 0 Å². The Balaban J connectivity index is 2.06. The van der Waals surface area contributed by atoms with Crippen molar-refractivity contribution in [1.82, 2.24) is 0 Å². The summed E-state index contributed by atoms with van der Waals surface area (Å²) in [7, 11) is 0. The molecule has 2 bridgehead atoms. The van der Waals surface area contributed by atoms with E-state index in [2.05, 4.69) is 57.8 Å². The number of hydrogen-bond donors (Lipinski definition) is 0. The van der Waals surface area contributed by atoms with Gasteiger partial charge in [0.15, 0.2) is 0 Å². The summed E-state index contributed by atoms with van der Waals surface area (Å²) < 4.78 is 14.0. The Morgan fingerprint density at radius 3 is 2.17 bits per heavy atom. The van der Waals surface area contributed by atoms with E-state index in [0.29, 0.717) is 5.92 Å². The van der Waals surface area contributed by atoms with Gasteiger partial charge >= 0.3 is 191 Å². The Hall–Kier alpha value is -0.251. The first-order valence-corrected chi connectivity index (χ1v) is 20.7. The quantitative estimate of drug-likeness (QED) is 0.199. The van der Waals surface area contributed by atoms with E-state index in [9.17, 15) is 0 Å². The predicted molar refractivity (Wildman–Crippen MR) is 134 cm³/mol. The molecule has 2 aliphatic carbocycles. The minimum atomic E-state index is -2.38. The average Bonchev–Trinajstić information content (AvgIpc) is 3.13. The summed E-state index contributed by atoms with van der Waals surface area (Å²) in [6.07, 6.45) is 15.8. The van der Waals surface area contributed by atoms with Crippen LogP contribution in [0, 0.1) is 17.3 Å². The second kappa shape index (κ2) is 10.1. The Morgan fingerprint density at radius 2 is 1.67 bits per heavy atom. The van der Waals surface area contributed by atoms with Gasteiger partial charge in [0.25, 0.3) is 0 Å². The summed E-state index contributed by atoms with van der Waals surface area (Å²) in [5.74, 6) is 2.43. The van der Waals surface area contributed by atoms with Gasteiger partial charge in [-0.25, -0.2) is 0 Å². The van der Waals surface area contributed by atoms with Gasteiger partial charge in [0.05, 0.1) is 0 Å². The van der Waals surface area contributed by atoms with Crippen LogP contribution in [0.25, 0.3) is 0 Å². The van der Waals surface area contributed by atoms with Crippen LogP contribution in [-0.4, -0.2) is 36.4 Å². The van der Waals surface area contributed by atoms with Crippen LogP contribution in [0.1, 0.15) is 92.9 Å². The van der Waals surface area contributed by atoms with Crippen molar-refractivity contribution in [3.05, 3.63) is 21.8 Å². The van der Waals surface area contributed by atoms with E-state index < -0.39 is 18.4 Å². The summed E-state index contributed by atoms with van der Waals surface area (Å²) in [4.78, 5) is 5.16. The molecule has 0 N–H and O–H groups in total. The first-order chi connectivity index (χ1) is 14.3. The molecular formula is C27H47NOSn. The van der Waals surface area contributed by atoms with Gasteiger partial charge in [0, 0.05) is 0 Å². The Morgan fingerprint density at radius 1 is 1.07 bits per heavy atom. The van der Waals surface area contributed by atoms with Gasteiger partial charge in [0.2, 0.25) is 0 Å². The van der Waals surface area contributed by atoms with E-state index in [1.807, 2.05) is 0 Å². The van der Waals surface area contributed by atoms with Gasteiger partial charge in [0.1, 0.15) is 0 Å². The van der Waals surface area contributed by atoms with Crippen molar-refractivity contribution < 1.29 is 4.74 Å². The second-order valence-electron chi connectivity index (χ2n) is 11.1. The van der Waals surface area contributed by atoms with Crippen molar-refractivity contribution in [3.8, 4) is 0 Å². The third-order valence-corrected chi connectivity index (χ3v) is 22.4. The van der Waals surface area contributed by atoms with E-state index >= 15 is 0 Å². The molecule has 30 heavy (non-hydrogen) atoms. The van der Waals surface area contributed by atoms with E-state index in [-0.39, 0.29) is 11.0 Å². The van der Waals surface area contributed by atoms with Crippen molar-refractivity contribution in [3.63, 3.8) is 0 Å². The molecule has 1 saturated carbocycles. The zero-order chi connectivity index (χ0) is 21.8. The molecule has 3 aliphatic rings. The number of allylic oxidation sites excluding steroid dienone is 1. The fourth-order valence-electron chi connectivity index (χ4n) is 6.19. The zero-order valence-electron chi connectivity index (χ0n) is 20.7. The summed E-state index contributed by atoms with van der Waals surface area (Å²) in [6, 6.07) is 0. The van der Waals surface area contributed by atoms with Gasteiger partial charge in [-0.05, 0) is 0 Å². The van der Waals surface area contributed by atoms with Gasteiger partial charge in [-0.3, -0.25) is 0 Å². The van der Waals surface area contributed by atoms with Gasteiger partial charge < -0.3 is 0 Å². The summed E-state index contributed by atoms with van der Waals surface area (Å²) >= 11 is -2.38. The van der Waals surface area contributed by atoms with E-state index in [0.717, 1.165) is 18.4 Å². The average molecular weight is 520 g/mol. The van der Waals surface area contributed by atoms with Crippen LogP contribution in [-0.2, 0) is 4.74 Å². The number of rotatable bonds is 11. The SMILES string of the molecule is CCC[CH2][Sn](/[CH]=C1\C[C@@H]2CC=C[C@@]1(C1=NC(C)(C)CO1)[C@H]2C)([CH2]CCC)[CH2]CCC. The van der Waals surface area contributed by atoms with Gasteiger partial charge in [-0.1, -0.05) is 0 Å². The molecule has 0 aromatic heterocycles. The topological polar surface area (TPSA) is 21.6 Å². The molecule has 0 amide bonds. The molecule has 1 heterocycles. The number of aliphatic imine (C=N–C) groups is 1. The molecule has 3 heteroatoms. The second-order valence-corrected chi connectivity index (χ2v) is 24.0. The first kappa shape index (κ1) is 24.4. The molecule has 2 nitrogen and oxygen atoms in total. The molecule has 0 aromatic carbocycles. The predicted octanol–water partition coefficient (Wildman–Crippen LogP) is 8.11. The minimum absolute atomic E-state index is 0.0382. The summed E-state index contributed by atoms with van der Waals surface area (Å²) in [6.45, 7) is 14.8. The molecule has 0 radical (unpaired) electrons. The van der Waals surface area contributed by atoms with Crippen LogP contribution in [0.5, 0.6) is 0 Å². The third-order valence-electron chi connectivity index (χ3n) is 8.14. The van der Waals surface area contributed by atoms with Crippen LogP contribution < -0.4 is 0 Å². The van der Waals surface area contributed by atoms with E-state index in [1.54, 1.807) is 18.9 Å². The number of hydrogen-bond acceptors (Lipinski definition) is 2. The van der Waals surface area contributed by atoms with Crippen LogP contribution >= 0.6 is 0 Å². The van der Waals surface area contributed by atoms with Crippen molar-refractivity contribution in [2.45, 2.75) is 112 Å². The fraction of sp³-hybridized carbons (Fsp3) is 0.815. The standard InChI is InChI=1S/C15H20NO.3C4H9.Sn/c1-10-8-12-6-5-7-15(10,11(12)2)13-16-14(3,4)9-17-13;3*1-3-4-2;/h1,5,7,11-12H,6,8-9H2,2-4H3;3*1,3-4H2,2H3;/t11-,12-,15-;;;;/m0..../s1. The molecule has 3 rings (SSSR count). The molecule has 3 atom stereocenters. The number of nitrogens with zero attached hydrogens (tertiary/aromatic N) is 1. The number of fused-ring (bicyclic) bond motifs is 2. The van der Waals surface area contributed by atoms with E-state index in [1.165, 1.54) is 51.4 Å². The molecule has 0 spiro atoms. The monoisotopic (exact) mass is 521 g/mol. The molecular weight excluding hydrogens is 473 g/mol. The van der Waals surface area contributed by atoms with Crippen molar-refractivity contribution in [2.24, 2.45) is 22.2 Å². The van der Waals surface area contributed by atoms with Crippen molar-refractivity contribution >= 4 is 24.3 Å². The van der Waals surface area contributed by atoms with E-state index in [4.69, 9.17) is 9.73 Å². The molecule has 1 fully saturated rings. The molecule has 1 aliphatic heterocycles. The fourth-order valence-corrected chi connectivity index (χ4v) is 21.8. The van der Waals surface area contributed by atoms with Crippen molar-refractivity contribution in [1.29, 1.82) is 0 Å². The van der Waals surface area contributed by atoms with Crippen LogP contribution in [0.15, 0.2) is 26.8 Å². The number of unbranched alkanes of at least 4 members (excludes halogenated alkanes) is 3. The number of ether oxygens (including phenoxy) is 1. The Bertz CT molecular complexity index is 655. The zero-order valence-corrected chi connectivity index (χ0v) is 23.6. The molecule has 0 aromatic rings. The van der Waals surface area contributed by atoms with Crippen LogP contribution in [0.2, 0.25) is 13.3 Å². The molecule has 0 saturated heterocycles. The Kier molecular flexibility index (Phi) is 8.24. The summed E-state index contributed by atoms with van der Waals surface area (Å²) in [5.41, 5.74) is 1.61. The Labute approximate surface area is 190 Å².